The number of rotatable bonds is 4. The third kappa shape index (κ3) is 3.21. The van der Waals surface area contributed by atoms with Gasteiger partial charge in [-0.2, -0.15) is 13.2 Å². The number of halogens is 4. The number of aliphatic imine (C=N–C) groups is 1. The van der Waals surface area contributed by atoms with Gasteiger partial charge < -0.3 is 9.64 Å². The van der Waals surface area contributed by atoms with Crippen LogP contribution < -0.4 is 9.64 Å². The molecule has 3 rings (SSSR count). The molecule has 0 N–H and O–H groups in total. The summed E-state index contributed by atoms with van der Waals surface area (Å²) in [6.45, 7) is -0.970. The SMILES string of the molecule is COc1ccc(C2=N[C@@](C(F)(F)F)(S(C)(=O)=O)CN2c2ccccc2)cc1F. The molecule has 0 aromatic heterocycles. The highest BCUT2D eigenvalue weighted by molar-refractivity contribution is 7.92. The summed E-state index contributed by atoms with van der Waals surface area (Å²) in [6.07, 6.45) is -4.68. The third-order valence-corrected chi connectivity index (χ3v) is 6.13. The Bertz CT molecular complexity index is 1020. The van der Waals surface area contributed by atoms with Crippen molar-refractivity contribution in [3.8, 4) is 5.75 Å². The van der Waals surface area contributed by atoms with Crippen molar-refractivity contribution >= 4 is 21.4 Å². The molecule has 0 spiro atoms. The zero-order valence-electron chi connectivity index (χ0n) is 14.9. The van der Waals surface area contributed by atoms with Crippen molar-refractivity contribution in [2.45, 2.75) is 11.0 Å². The van der Waals surface area contributed by atoms with E-state index in [0.717, 1.165) is 11.0 Å². The smallest absolute Gasteiger partial charge is 0.429 e. The molecule has 1 heterocycles. The summed E-state index contributed by atoms with van der Waals surface area (Å²) in [4.78, 5) is 1.37. The van der Waals surface area contributed by atoms with Gasteiger partial charge in [-0.15, -0.1) is 0 Å². The molecule has 2 aromatic carbocycles. The molecule has 1 aliphatic heterocycles. The van der Waals surface area contributed by atoms with Gasteiger partial charge in [-0.05, 0) is 30.3 Å². The number of methoxy groups -OCH3 is 1. The molecule has 0 aliphatic carbocycles. The Morgan fingerprint density at radius 3 is 2.29 bits per heavy atom. The summed E-state index contributed by atoms with van der Waals surface area (Å²) in [5.41, 5.74) is 0.296. The molecular weight excluding hydrogens is 400 g/mol. The topological polar surface area (TPSA) is 59.0 Å². The summed E-state index contributed by atoms with van der Waals surface area (Å²) >= 11 is 0. The molecule has 0 fully saturated rings. The molecule has 10 heteroatoms. The van der Waals surface area contributed by atoms with Crippen molar-refractivity contribution in [3.05, 3.63) is 59.9 Å². The van der Waals surface area contributed by atoms with Crippen LogP contribution in [-0.4, -0.2) is 45.2 Å². The molecule has 0 saturated heterocycles. The first kappa shape index (κ1) is 20.1. The number of benzene rings is 2. The van der Waals surface area contributed by atoms with Gasteiger partial charge in [-0.25, -0.2) is 17.8 Å². The molecule has 0 bridgehead atoms. The van der Waals surface area contributed by atoms with Crippen molar-refractivity contribution in [1.29, 1.82) is 0 Å². The second-order valence-electron chi connectivity index (χ2n) is 6.26. The first-order valence-electron chi connectivity index (χ1n) is 8.03. The number of para-hydroxylation sites is 1. The lowest BCUT2D eigenvalue weighted by atomic mass is 10.1. The van der Waals surface area contributed by atoms with Crippen LogP contribution in [0.15, 0.2) is 53.5 Å². The highest BCUT2D eigenvalue weighted by Crippen LogP contribution is 2.44. The second kappa shape index (κ2) is 6.77. The Balaban J connectivity index is 2.25. The largest absolute Gasteiger partial charge is 0.494 e. The minimum Gasteiger partial charge on any atom is -0.494 e. The van der Waals surface area contributed by atoms with E-state index in [2.05, 4.69) is 4.99 Å². The number of ether oxygens (including phenoxy) is 1. The van der Waals surface area contributed by atoms with Gasteiger partial charge in [0.1, 0.15) is 5.84 Å². The lowest BCUT2D eigenvalue weighted by Crippen LogP contribution is -2.53. The highest BCUT2D eigenvalue weighted by Gasteiger charge is 2.66. The molecule has 28 heavy (non-hydrogen) atoms. The van der Waals surface area contributed by atoms with E-state index in [-0.39, 0.29) is 17.1 Å². The number of hydrogen-bond acceptors (Lipinski definition) is 5. The quantitative estimate of drug-likeness (QED) is 0.717. The number of sulfone groups is 1. The van der Waals surface area contributed by atoms with Gasteiger partial charge in [0.2, 0.25) is 0 Å². The average molecular weight is 416 g/mol. The zero-order chi connectivity index (χ0) is 20.7. The summed E-state index contributed by atoms with van der Waals surface area (Å²) in [5, 5.41) is 0. The predicted molar refractivity (Wildman–Crippen MR) is 96.9 cm³/mol. The summed E-state index contributed by atoms with van der Waals surface area (Å²) in [7, 11) is -3.45. The lowest BCUT2D eigenvalue weighted by Gasteiger charge is -2.28. The van der Waals surface area contributed by atoms with Crippen LogP contribution in [0.25, 0.3) is 0 Å². The lowest BCUT2D eigenvalue weighted by molar-refractivity contribution is -0.155. The Kier molecular flexibility index (Phi) is 4.86. The Morgan fingerprint density at radius 2 is 1.79 bits per heavy atom. The van der Waals surface area contributed by atoms with E-state index < -0.39 is 33.2 Å². The Morgan fingerprint density at radius 1 is 1.14 bits per heavy atom. The first-order valence-corrected chi connectivity index (χ1v) is 9.92. The number of alkyl halides is 3. The molecule has 2 aromatic rings. The van der Waals surface area contributed by atoms with Crippen LogP contribution in [-0.2, 0) is 9.84 Å². The van der Waals surface area contributed by atoms with Gasteiger partial charge in [0.25, 0.3) is 4.87 Å². The van der Waals surface area contributed by atoms with Crippen molar-refractivity contribution in [2.75, 3.05) is 24.8 Å². The van der Waals surface area contributed by atoms with Crippen LogP contribution in [0.2, 0.25) is 0 Å². The zero-order valence-corrected chi connectivity index (χ0v) is 15.7. The van der Waals surface area contributed by atoms with E-state index in [9.17, 15) is 26.0 Å². The van der Waals surface area contributed by atoms with Crippen molar-refractivity contribution in [2.24, 2.45) is 4.99 Å². The number of anilines is 1. The monoisotopic (exact) mass is 416 g/mol. The number of hydrogen-bond donors (Lipinski definition) is 0. The summed E-state index contributed by atoms with van der Waals surface area (Å²) in [6, 6.07) is 11.4. The fraction of sp³-hybridized carbons (Fsp3) is 0.278. The van der Waals surface area contributed by atoms with Gasteiger partial charge in [-0.3, -0.25) is 0 Å². The van der Waals surface area contributed by atoms with Crippen molar-refractivity contribution in [3.63, 3.8) is 0 Å². The number of amidine groups is 1. The van der Waals surface area contributed by atoms with E-state index in [4.69, 9.17) is 4.74 Å². The van der Waals surface area contributed by atoms with Gasteiger partial charge in [0.15, 0.2) is 21.4 Å². The van der Waals surface area contributed by atoms with E-state index >= 15 is 0 Å². The maximum Gasteiger partial charge on any atom is 0.429 e. The van der Waals surface area contributed by atoms with E-state index in [1.807, 2.05) is 0 Å². The normalized spacial score (nSPS) is 20.2. The van der Waals surface area contributed by atoms with Gasteiger partial charge >= 0.3 is 6.18 Å². The number of nitrogens with zero attached hydrogens (tertiary/aromatic N) is 2. The maximum absolute atomic E-state index is 14.2. The van der Waals surface area contributed by atoms with Crippen LogP contribution in [0.4, 0.5) is 23.2 Å². The minimum atomic E-state index is -5.17. The second-order valence-corrected chi connectivity index (χ2v) is 8.48. The van der Waals surface area contributed by atoms with E-state index in [0.29, 0.717) is 11.9 Å². The predicted octanol–water partition coefficient (Wildman–Crippen LogP) is 3.40. The van der Waals surface area contributed by atoms with Crippen molar-refractivity contribution in [1.82, 2.24) is 0 Å². The first-order chi connectivity index (χ1) is 13.0. The van der Waals surface area contributed by atoms with Gasteiger partial charge in [0.05, 0.1) is 13.7 Å². The minimum absolute atomic E-state index is 0.00284. The molecule has 150 valence electrons. The molecule has 5 nitrogen and oxygen atoms in total. The van der Waals surface area contributed by atoms with Crippen LogP contribution in [0.5, 0.6) is 5.75 Å². The molecule has 0 amide bonds. The maximum atomic E-state index is 14.2. The molecular formula is C18H16F4N2O3S. The van der Waals surface area contributed by atoms with E-state index in [1.54, 1.807) is 18.2 Å². The molecule has 0 saturated carbocycles. The highest BCUT2D eigenvalue weighted by atomic mass is 32.2. The molecule has 0 radical (unpaired) electrons. The summed E-state index contributed by atoms with van der Waals surface area (Å²) in [5.74, 6) is -1.20. The third-order valence-electron chi connectivity index (χ3n) is 4.45. The van der Waals surface area contributed by atoms with Crippen LogP contribution in [0.3, 0.4) is 0 Å². The van der Waals surface area contributed by atoms with E-state index in [1.165, 1.54) is 31.4 Å². The fourth-order valence-corrected chi connectivity index (χ4v) is 4.00. The van der Waals surface area contributed by atoms with Crippen LogP contribution in [0, 0.1) is 5.82 Å². The van der Waals surface area contributed by atoms with Gasteiger partial charge in [0, 0.05) is 17.5 Å². The standard InChI is InChI=1S/C18H16F4N2O3S/c1-27-15-9-8-12(10-14(15)19)16-23-17(18(20,21)22,28(2,25)26)11-24(16)13-6-4-3-5-7-13/h3-10H,11H2,1-2H3/t17-/m1/s1. The molecule has 0 unspecified atom stereocenters. The average Bonchev–Trinajstić information content (AvgIpc) is 3.04. The molecule has 1 aliphatic rings. The Hall–Kier alpha value is -2.62. The summed E-state index contributed by atoms with van der Waals surface area (Å²) < 4.78 is 85.0. The Labute approximate surface area is 159 Å². The van der Waals surface area contributed by atoms with Gasteiger partial charge in [-0.1, -0.05) is 18.2 Å². The van der Waals surface area contributed by atoms with Crippen LogP contribution in [0.1, 0.15) is 5.56 Å². The molecule has 1 atom stereocenters. The fourth-order valence-electron chi connectivity index (χ4n) is 2.97. The van der Waals surface area contributed by atoms with Crippen LogP contribution >= 0.6 is 0 Å². The van der Waals surface area contributed by atoms with Crippen molar-refractivity contribution < 1.29 is 30.7 Å².